The van der Waals surface area contributed by atoms with E-state index < -0.39 is 14.9 Å². The van der Waals surface area contributed by atoms with Crippen LogP contribution < -0.4 is 10.5 Å². The molecule has 0 radical (unpaired) electrons. The molecule has 0 heterocycles. The first-order valence-corrected chi connectivity index (χ1v) is 7.66. The van der Waals surface area contributed by atoms with Gasteiger partial charge in [-0.25, -0.2) is 13.1 Å². The van der Waals surface area contributed by atoms with Crippen molar-refractivity contribution in [3.05, 3.63) is 32.9 Å². The first-order valence-electron chi connectivity index (χ1n) is 6.18. The second-order valence-corrected chi connectivity index (χ2v) is 6.85. The van der Waals surface area contributed by atoms with Gasteiger partial charge in [-0.05, 0) is 38.8 Å². The Morgan fingerprint density at radius 2 is 1.90 bits per heavy atom. The van der Waals surface area contributed by atoms with E-state index >= 15 is 0 Å². The molecule has 0 aliphatic heterocycles. The maximum atomic E-state index is 12.4. The number of nitro benzene ring substituents is 1. The Labute approximate surface area is 117 Å². The van der Waals surface area contributed by atoms with Crippen LogP contribution in [0.4, 0.5) is 5.69 Å². The van der Waals surface area contributed by atoms with E-state index in [1.54, 1.807) is 13.8 Å². The van der Waals surface area contributed by atoms with E-state index in [9.17, 15) is 18.5 Å². The number of sulfonamides is 1. The minimum absolute atomic E-state index is 0.0195. The predicted octanol–water partition coefficient (Wildman–Crippen LogP) is 0.898. The van der Waals surface area contributed by atoms with Gasteiger partial charge in [0.1, 0.15) is 0 Å². The van der Waals surface area contributed by atoms with Gasteiger partial charge in [-0.2, -0.15) is 0 Å². The van der Waals surface area contributed by atoms with E-state index in [4.69, 9.17) is 5.73 Å². The third-order valence-corrected chi connectivity index (χ3v) is 5.24. The summed E-state index contributed by atoms with van der Waals surface area (Å²) in [6.45, 7) is 4.68. The topological polar surface area (TPSA) is 115 Å². The van der Waals surface area contributed by atoms with Crippen LogP contribution in [0, 0.1) is 30.9 Å². The quantitative estimate of drug-likeness (QED) is 0.633. The summed E-state index contributed by atoms with van der Waals surface area (Å²) in [6.07, 6.45) is 0.589. The lowest BCUT2D eigenvalue weighted by molar-refractivity contribution is -0.386. The normalized spacial score (nSPS) is 21.8. The molecule has 1 aliphatic rings. The molecule has 0 spiro atoms. The molecule has 3 N–H and O–H groups in total. The summed E-state index contributed by atoms with van der Waals surface area (Å²) in [5.74, 6) is 0. The molecule has 110 valence electrons. The molecule has 8 heteroatoms. The van der Waals surface area contributed by atoms with Gasteiger partial charge in [-0.15, -0.1) is 0 Å². The highest BCUT2D eigenvalue weighted by Gasteiger charge is 2.39. The first kappa shape index (κ1) is 14.9. The lowest BCUT2D eigenvalue weighted by Crippen LogP contribution is -2.31. The fourth-order valence-electron chi connectivity index (χ4n) is 2.46. The number of hydrogen-bond donors (Lipinski definition) is 2. The highest BCUT2D eigenvalue weighted by Crippen LogP contribution is 2.32. The van der Waals surface area contributed by atoms with Gasteiger partial charge >= 0.3 is 0 Å². The van der Waals surface area contributed by atoms with Gasteiger partial charge in [0, 0.05) is 23.2 Å². The molecule has 0 aromatic heterocycles. The maximum absolute atomic E-state index is 12.4. The summed E-state index contributed by atoms with van der Waals surface area (Å²) in [5.41, 5.74) is 6.54. The number of nitrogens with zero attached hydrogens (tertiary/aromatic N) is 1. The Hall–Kier alpha value is -1.51. The predicted molar refractivity (Wildman–Crippen MR) is 74.0 cm³/mol. The van der Waals surface area contributed by atoms with Crippen molar-refractivity contribution in [2.75, 3.05) is 0 Å². The standard InChI is InChI=1S/C12H17N3O4S/c1-6-4-7(2)12(8(3)11(6)15(16)17)20(18,19)14-10-5-9(10)13/h4,9-10,14H,5,13H2,1-3H3. The van der Waals surface area contributed by atoms with Gasteiger partial charge in [-0.3, -0.25) is 10.1 Å². The number of benzene rings is 1. The van der Waals surface area contributed by atoms with Crippen molar-refractivity contribution < 1.29 is 13.3 Å². The molecule has 0 saturated heterocycles. The van der Waals surface area contributed by atoms with Gasteiger partial charge in [0.15, 0.2) is 0 Å². The minimum atomic E-state index is -3.80. The summed E-state index contributed by atoms with van der Waals surface area (Å²) in [6, 6.07) is 1.07. The van der Waals surface area contributed by atoms with Gasteiger partial charge < -0.3 is 5.73 Å². The van der Waals surface area contributed by atoms with Crippen LogP contribution >= 0.6 is 0 Å². The van der Waals surface area contributed by atoms with Gasteiger partial charge in [0.05, 0.1) is 9.82 Å². The number of hydrogen-bond acceptors (Lipinski definition) is 5. The van der Waals surface area contributed by atoms with Gasteiger partial charge in [0.2, 0.25) is 10.0 Å². The largest absolute Gasteiger partial charge is 0.326 e. The van der Waals surface area contributed by atoms with Crippen LogP contribution in [0.15, 0.2) is 11.0 Å². The molecule has 7 nitrogen and oxygen atoms in total. The molecule has 2 atom stereocenters. The number of nitrogens with two attached hydrogens (primary N) is 1. The third kappa shape index (κ3) is 2.54. The zero-order valence-corrected chi connectivity index (χ0v) is 12.3. The fourth-order valence-corrected chi connectivity index (χ4v) is 4.23. The van der Waals surface area contributed by atoms with Crippen LogP contribution in [0.2, 0.25) is 0 Å². The van der Waals surface area contributed by atoms with Crippen LogP contribution in [0.5, 0.6) is 0 Å². The molecule has 0 bridgehead atoms. The Bertz CT molecular complexity index is 684. The lowest BCUT2D eigenvalue weighted by atomic mass is 10.1. The van der Waals surface area contributed by atoms with E-state index in [0.29, 0.717) is 17.5 Å². The molecule has 1 aromatic carbocycles. The summed E-state index contributed by atoms with van der Waals surface area (Å²) in [7, 11) is -3.80. The van der Waals surface area contributed by atoms with E-state index in [2.05, 4.69) is 4.72 Å². The monoisotopic (exact) mass is 299 g/mol. The maximum Gasteiger partial charge on any atom is 0.276 e. The average Bonchev–Trinajstić information content (AvgIpc) is 2.90. The summed E-state index contributed by atoms with van der Waals surface area (Å²) < 4.78 is 27.2. The van der Waals surface area contributed by atoms with E-state index in [0.717, 1.165) is 0 Å². The van der Waals surface area contributed by atoms with Crippen LogP contribution in [0.1, 0.15) is 23.1 Å². The van der Waals surface area contributed by atoms with Gasteiger partial charge in [0.25, 0.3) is 5.69 Å². The van der Waals surface area contributed by atoms with Crippen LogP contribution in [-0.4, -0.2) is 25.4 Å². The summed E-state index contributed by atoms with van der Waals surface area (Å²) in [5, 5.41) is 11.1. The second-order valence-electron chi connectivity index (χ2n) is 5.20. The number of nitrogens with one attached hydrogen (secondary N) is 1. The van der Waals surface area contributed by atoms with Crippen molar-refractivity contribution in [1.29, 1.82) is 0 Å². The highest BCUT2D eigenvalue weighted by atomic mass is 32.2. The molecule has 1 aliphatic carbocycles. The molecule has 0 amide bonds. The van der Waals surface area contributed by atoms with Crippen LogP contribution in [0.25, 0.3) is 0 Å². The van der Waals surface area contributed by atoms with Crippen molar-refractivity contribution >= 4 is 15.7 Å². The Morgan fingerprint density at radius 3 is 2.35 bits per heavy atom. The molecule has 1 fully saturated rings. The van der Waals surface area contributed by atoms with Crippen molar-refractivity contribution in [2.45, 2.75) is 44.2 Å². The zero-order valence-electron chi connectivity index (χ0n) is 11.5. The van der Waals surface area contributed by atoms with Crippen molar-refractivity contribution in [3.8, 4) is 0 Å². The van der Waals surface area contributed by atoms with E-state index in [1.807, 2.05) is 0 Å². The van der Waals surface area contributed by atoms with E-state index in [-0.39, 0.29) is 28.2 Å². The minimum Gasteiger partial charge on any atom is -0.326 e. The smallest absolute Gasteiger partial charge is 0.276 e. The van der Waals surface area contributed by atoms with Crippen molar-refractivity contribution in [2.24, 2.45) is 5.73 Å². The fraction of sp³-hybridized carbons (Fsp3) is 0.500. The number of rotatable bonds is 4. The summed E-state index contributed by atoms with van der Waals surface area (Å²) in [4.78, 5) is 10.5. The van der Waals surface area contributed by atoms with E-state index in [1.165, 1.54) is 13.0 Å². The third-order valence-electron chi connectivity index (χ3n) is 3.46. The Kier molecular flexibility index (Phi) is 3.57. The molecule has 1 aromatic rings. The van der Waals surface area contributed by atoms with Crippen molar-refractivity contribution in [3.63, 3.8) is 0 Å². The molecule has 2 unspecified atom stereocenters. The zero-order chi connectivity index (χ0) is 15.2. The molecule has 2 rings (SSSR count). The number of nitro groups is 1. The second kappa shape index (κ2) is 4.80. The SMILES string of the molecule is Cc1cc(C)c(S(=O)(=O)NC2CC2N)c(C)c1[N+](=O)[O-]. The molecule has 1 saturated carbocycles. The van der Waals surface area contributed by atoms with Gasteiger partial charge in [-0.1, -0.05) is 0 Å². The van der Waals surface area contributed by atoms with Crippen molar-refractivity contribution in [1.82, 2.24) is 4.72 Å². The van der Waals surface area contributed by atoms with Crippen LogP contribution in [0.3, 0.4) is 0 Å². The molecule has 20 heavy (non-hydrogen) atoms. The molecular formula is C12H17N3O4S. The highest BCUT2D eigenvalue weighted by molar-refractivity contribution is 7.89. The Morgan fingerprint density at radius 1 is 1.35 bits per heavy atom. The molecular weight excluding hydrogens is 282 g/mol. The first-order chi connectivity index (χ1) is 9.15. The number of aryl methyl sites for hydroxylation is 2. The lowest BCUT2D eigenvalue weighted by Gasteiger charge is -2.13. The van der Waals surface area contributed by atoms with Crippen LogP contribution in [-0.2, 0) is 10.0 Å². The Balaban J connectivity index is 2.56. The summed E-state index contributed by atoms with van der Waals surface area (Å²) >= 11 is 0. The average molecular weight is 299 g/mol.